The largest absolute Gasteiger partial charge is 0.313 e. The van der Waals surface area contributed by atoms with Crippen molar-refractivity contribution in [3.63, 3.8) is 0 Å². The second-order valence-electron chi connectivity index (χ2n) is 2.85. The highest BCUT2D eigenvalue weighted by atomic mass is 16.1. The van der Waals surface area contributed by atoms with Crippen molar-refractivity contribution in [1.29, 1.82) is 0 Å². The van der Waals surface area contributed by atoms with E-state index in [0.29, 0.717) is 0 Å². The van der Waals surface area contributed by atoms with E-state index in [1.165, 1.54) is 0 Å². The fourth-order valence-corrected chi connectivity index (χ4v) is 1.38. The summed E-state index contributed by atoms with van der Waals surface area (Å²) in [6, 6.07) is 0. The van der Waals surface area contributed by atoms with Gasteiger partial charge in [0.15, 0.2) is 0 Å². The molecular formula is C7H15N2O+. The topological polar surface area (TPSA) is 48.0 Å². The minimum atomic E-state index is 0.107. The van der Waals surface area contributed by atoms with Crippen molar-refractivity contribution in [2.24, 2.45) is 5.92 Å². The molecule has 0 aromatic heterocycles. The summed E-state index contributed by atoms with van der Waals surface area (Å²) in [6.07, 6.45) is 1.01. The molecule has 1 amide bonds. The monoisotopic (exact) mass is 143 g/mol. The van der Waals surface area contributed by atoms with Gasteiger partial charge in [0.25, 0.3) is 0 Å². The fourth-order valence-electron chi connectivity index (χ4n) is 1.38. The van der Waals surface area contributed by atoms with E-state index in [1.54, 1.807) is 0 Å². The van der Waals surface area contributed by atoms with E-state index in [-0.39, 0.29) is 11.8 Å². The van der Waals surface area contributed by atoms with Gasteiger partial charge in [-0.15, -0.1) is 0 Å². The lowest BCUT2D eigenvalue weighted by Crippen LogP contribution is -2.60. The summed E-state index contributed by atoms with van der Waals surface area (Å²) in [4.78, 5) is 13.1. The maximum absolute atomic E-state index is 10.8. The Hall–Kier alpha value is -0.410. The molecule has 1 rings (SSSR count). The summed E-state index contributed by atoms with van der Waals surface area (Å²) in [7, 11) is 0. The molecule has 1 aliphatic rings. The lowest BCUT2D eigenvalue weighted by molar-refractivity contribution is -0.311. The van der Waals surface area contributed by atoms with Gasteiger partial charge in [-0.25, -0.2) is 4.79 Å². The standard InChI is InChI=1S/C7H14N2O/c1-2-9-4-3-6(5-9)7(8)10/h6H,2-5H2,1H3,(H2,8,10)/p+1. The Labute approximate surface area is 61.2 Å². The summed E-state index contributed by atoms with van der Waals surface area (Å²) in [5, 5.41) is 0. The van der Waals surface area contributed by atoms with Gasteiger partial charge in [0.2, 0.25) is 0 Å². The van der Waals surface area contributed by atoms with Crippen molar-refractivity contribution >= 4 is 5.91 Å². The Morgan fingerprint density at radius 1 is 1.80 bits per heavy atom. The molecule has 0 aliphatic carbocycles. The molecule has 0 radical (unpaired) electrons. The average molecular weight is 143 g/mol. The normalized spacial score (nSPS) is 27.2. The smallest absolute Gasteiger partial charge is 0.303 e. The van der Waals surface area contributed by atoms with Crippen LogP contribution < -0.4 is 5.73 Å². The van der Waals surface area contributed by atoms with Crippen LogP contribution in [-0.2, 0) is 4.79 Å². The second-order valence-corrected chi connectivity index (χ2v) is 2.85. The van der Waals surface area contributed by atoms with Gasteiger partial charge < -0.3 is 4.90 Å². The van der Waals surface area contributed by atoms with Gasteiger partial charge in [0.05, 0.1) is 5.92 Å². The third-order valence-electron chi connectivity index (χ3n) is 2.17. The Morgan fingerprint density at radius 2 is 2.50 bits per heavy atom. The molecule has 3 heteroatoms. The number of amides is 1. The van der Waals surface area contributed by atoms with Crippen molar-refractivity contribution in [2.75, 3.05) is 19.6 Å². The number of nitrogens with zero attached hydrogens (tertiary/aromatic N) is 1. The van der Waals surface area contributed by atoms with E-state index in [9.17, 15) is 4.79 Å². The second kappa shape index (κ2) is 3.12. The van der Waals surface area contributed by atoms with Crippen molar-refractivity contribution in [1.82, 2.24) is 4.90 Å². The predicted octanol–water partition coefficient (Wildman–Crippen LogP) is -0.903. The molecule has 1 heterocycles. The molecule has 0 spiro atoms. The highest BCUT2D eigenvalue weighted by Crippen LogP contribution is 2.13. The van der Waals surface area contributed by atoms with Crippen molar-refractivity contribution in [3.05, 3.63) is 0 Å². The summed E-state index contributed by atoms with van der Waals surface area (Å²) in [5.41, 5.74) is 3.42. The highest BCUT2D eigenvalue weighted by molar-refractivity contribution is 5.68. The van der Waals surface area contributed by atoms with Gasteiger partial charge in [-0.2, -0.15) is 0 Å². The van der Waals surface area contributed by atoms with Gasteiger partial charge >= 0.3 is 5.91 Å². The van der Waals surface area contributed by atoms with Crippen molar-refractivity contribution in [2.45, 2.75) is 13.3 Å². The first kappa shape index (κ1) is 7.69. The van der Waals surface area contributed by atoms with E-state index >= 15 is 0 Å². The van der Waals surface area contributed by atoms with Crippen LogP contribution in [0.25, 0.3) is 0 Å². The van der Waals surface area contributed by atoms with Gasteiger partial charge in [-0.05, 0) is 19.5 Å². The molecule has 0 aromatic rings. The molecule has 3 nitrogen and oxygen atoms in total. The molecule has 10 heavy (non-hydrogen) atoms. The average Bonchev–Trinajstić information content (AvgIpc) is 2.34. The van der Waals surface area contributed by atoms with Crippen LogP contribution in [0.15, 0.2) is 0 Å². The van der Waals surface area contributed by atoms with Crippen LogP contribution >= 0.6 is 0 Å². The third-order valence-corrected chi connectivity index (χ3v) is 2.17. The zero-order valence-corrected chi connectivity index (χ0v) is 6.47. The van der Waals surface area contributed by atoms with Gasteiger partial charge in [-0.3, -0.25) is 5.73 Å². The Kier molecular flexibility index (Phi) is 2.40. The maximum Gasteiger partial charge on any atom is 0.313 e. The molecule has 1 fully saturated rings. The number of likely N-dealkylation sites (tertiary alicyclic amines) is 1. The number of quaternary nitrogens is 1. The van der Waals surface area contributed by atoms with Crippen LogP contribution in [0.2, 0.25) is 0 Å². The van der Waals surface area contributed by atoms with E-state index < -0.39 is 0 Å². The van der Waals surface area contributed by atoms with Crippen LogP contribution in [0.3, 0.4) is 0 Å². The molecule has 3 N–H and O–H groups in total. The van der Waals surface area contributed by atoms with E-state index in [2.05, 4.69) is 17.6 Å². The minimum absolute atomic E-state index is 0.107. The van der Waals surface area contributed by atoms with Crippen LogP contribution in [0, 0.1) is 5.92 Å². The number of rotatable bonds is 2. The van der Waals surface area contributed by atoms with Gasteiger partial charge in [0, 0.05) is 6.54 Å². The van der Waals surface area contributed by atoms with E-state index in [0.717, 1.165) is 26.1 Å². The van der Waals surface area contributed by atoms with Crippen LogP contribution in [0.4, 0.5) is 0 Å². The SMILES string of the molecule is CCN1CCC(C([NH3+])=O)C1. The summed E-state index contributed by atoms with van der Waals surface area (Å²) < 4.78 is 0. The lowest BCUT2D eigenvalue weighted by Gasteiger charge is -2.09. The molecule has 1 unspecified atom stereocenters. The van der Waals surface area contributed by atoms with Crippen molar-refractivity contribution in [3.8, 4) is 0 Å². The van der Waals surface area contributed by atoms with E-state index in [1.807, 2.05) is 0 Å². The molecule has 58 valence electrons. The molecule has 0 aromatic carbocycles. The molecule has 1 atom stereocenters. The van der Waals surface area contributed by atoms with Crippen molar-refractivity contribution < 1.29 is 10.5 Å². The maximum atomic E-state index is 10.8. The van der Waals surface area contributed by atoms with Gasteiger partial charge in [-0.1, -0.05) is 6.92 Å². The predicted molar refractivity (Wildman–Crippen MR) is 38.1 cm³/mol. The molecular weight excluding hydrogens is 128 g/mol. The first-order chi connectivity index (χ1) is 4.74. The highest BCUT2D eigenvalue weighted by Gasteiger charge is 2.27. The number of carbonyl (C=O) groups excluding carboxylic acids is 1. The fraction of sp³-hybridized carbons (Fsp3) is 0.857. The molecule has 1 aliphatic heterocycles. The minimum Gasteiger partial charge on any atom is -0.303 e. The molecule has 0 bridgehead atoms. The summed E-state index contributed by atoms with van der Waals surface area (Å²) in [6.45, 7) is 5.18. The Bertz CT molecular complexity index is 136. The lowest BCUT2D eigenvalue weighted by atomic mass is 10.1. The van der Waals surface area contributed by atoms with Crippen LogP contribution in [0.5, 0.6) is 0 Å². The zero-order valence-electron chi connectivity index (χ0n) is 6.47. The first-order valence-electron chi connectivity index (χ1n) is 3.82. The first-order valence-corrected chi connectivity index (χ1v) is 3.82. The zero-order chi connectivity index (χ0) is 7.56. The molecule has 1 saturated heterocycles. The molecule has 0 saturated carbocycles. The summed E-state index contributed by atoms with van der Waals surface area (Å²) in [5.74, 6) is 0.330. The Morgan fingerprint density at radius 3 is 2.80 bits per heavy atom. The number of hydrogen-bond acceptors (Lipinski definition) is 2. The quantitative estimate of drug-likeness (QED) is 0.544. The number of carbonyl (C=O) groups is 1. The Balaban J connectivity index is 2.35. The number of hydrogen-bond donors (Lipinski definition) is 1. The third kappa shape index (κ3) is 1.55. The van der Waals surface area contributed by atoms with Gasteiger partial charge in [0.1, 0.15) is 0 Å². The van der Waals surface area contributed by atoms with Crippen LogP contribution in [-0.4, -0.2) is 30.4 Å². The summed E-state index contributed by atoms with van der Waals surface area (Å²) >= 11 is 0. The van der Waals surface area contributed by atoms with E-state index in [4.69, 9.17) is 0 Å². The van der Waals surface area contributed by atoms with Crippen LogP contribution in [0.1, 0.15) is 13.3 Å².